The Kier molecular flexibility index (Phi) is 6.35. The Bertz CT molecular complexity index is 726. The van der Waals surface area contributed by atoms with E-state index >= 15 is 0 Å². The van der Waals surface area contributed by atoms with Crippen LogP contribution < -0.4 is 4.90 Å². The van der Waals surface area contributed by atoms with Gasteiger partial charge in [-0.1, -0.05) is 23.7 Å². The molecule has 1 aliphatic rings. The molecule has 0 unspecified atom stereocenters. The van der Waals surface area contributed by atoms with Crippen LogP contribution in [0.15, 0.2) is 36.4 Å². The van der Waals surface area contributed by atoms with Crippen LogP contribution in [-0.4, -0.2) is 23.1 Å². The van der Waals surface area contributed by atoms with Gasteiger partial charge >= 0.3 is 0 Å². The number of rotatable bonds is 1. The fourth-order valence-electron chi connectivity index (χ4n) is 2.26. The van der Waals surface area contributed by atoms with E-state index in [4.69, 9.17) is 22.1 Å². The predicted octanol–water partition coefficient (Wildman–Crippen LogP) is 3.55. The molecule has 0 aliphatic carbocycles. The molecule has 116 valence electrons. The van der Waals surface area contributed by atoms with Gasteiger partial charge in [-0.15, -0.1) is 0 Å². The molecule has 0 atom stereocenters. The lowest BCUT2D eigenvalue weighted by Gasteiger charge is -2.27. The van der Waals surface area contributed by atoms with Crippen LogP contribution in [0.1, 0.15) is 30.7 Å². The molecule has 0 N–H and O–H groups in total. The van der Waals surface area contributed by atoms with Gasteiger partial charge < -0.3 is 4.90 Å². The Morgan fingerprint density at radius 3 is 2.04 bits per heavy atom. The first kappa shape index (κ1) is 16.7. The van der Waals surface area contributed by atoms with Crippen LogP contribution in [0.2, 0.25) is 5.15 Å². The van der Waals surface area contributed by atoms with Crippen LogP contribution in [0.25, 0.3) is 0 Å². The molecule has 0 aromatic carbocycles. The van der Waals surface area contributed by atoms with Crippen LogP contribution in [0.4, 0.5) is 5.82 Å². The molecule has 2 aromatic rings. The lowest BCUT2D eigenvalue weighted by Crippen LogP contribution is -2.30. The average molecular weight is 326 g/mol. The van der Waals surface area contributed by atoms with Crippen molar-refractivity contribution < 1.29 is 0 Å². The first-order chi connectivity index (χ1) is 11.2. The molecule has 1 fully saturated rings. The largest absolute Gasteiger partial charge is 0.357 e. The summed E-state index contributed by atoms with van der Waals surface area (Å²) in [5, 5.41) is 17.4. The monoisotopic (exact) mass is 325 g/mol. The van der Waals surface area contributed by atoms with E-state index in [1.54, 1.807) is 24.3 Å². The van der Waals surface area contributed by atoms with Gasteiger partial charge in [0.2, 0.25) is 0 Å². The zero-order valence-corrected chi connectivity index (χ0v) is 13.4. The second kappa shape index (κ2) is 8.73. The molecule has 3 rings (SSSR count). The highest BCUT2D eigenvalue weighted by atomic mass is 35.5. The number of hydrogen-bond donors (Lipinski definition) is 0. The lowest BCUT2D eigenvalue weighted by molar-refractivity contribution is 0.573. The summed E-state index contributed by atoms with van der Waals surface area (Å²) < 4.78 is 0. The smallest absolute Gasteiger partial charge is 0.142 e. The minimum Gasteiger partial charge on any atom is -0.357 e. The van der Waals surface area contributed by atoms with Crippen LogP contribution in [0, 0.1) is 22.7 Å². The molecule has 1 aliphatic heterocycles. The van der Waals surface area contributed by atoms with E-state index < -0.39 is 0 Å². The fourth-order valence-corrected chi connectivity index (χ4v) is 2.42. The Hall–Kier alpha value is -2.63. The van der Waals surface area contributed by atoms with Crippen molar-refractivity contribution in [3.05, 3.63) is 52.9 Å². The summed E-state index contributed by atoms with van der Waals surface area (Å²) in [4.78, 5) is 10.2. The second-order valence-corrected chi connectivity index (χ2v) is 5.39. The zero-order chi connectivity index (χ0) is 16.5. The van der Waals surface area contributed by atoms with Crippen molar-refractivity contribution in [1.82, 2.24) is 9.97 Å². The molecule has 2 aromatic heterocycles. The minimum atomic E-state index is 0.350. The molecule has 0 bridgehead atoms. The van der Waals surface area contributed by atoms with Gasteiger partial charge in [0, 0.05) is 13.1 Å². The summed E-state index contributed by atoms with van der Waals surface area (Å²) in [5.74, 6) is 0.948. The summed E-state index contributed by atoms with van der Waals surface area (Å²) in [6, 6.07) is 14.5. The van der Waals surface area contributed by atoms with E-state index in [1.165, 1.54) is 19.3 Å². The predicted molar refractivity (Wildman–Crippen MR) is 89.0 cm³/mol. The normalized spacial score (nSPS) is 13.3. The molecule has 0 spiro atoms. The standard InChI is InChI=1S/C11H13N3.C6H3ClN2/c12-9-10-5-4-6-11(13-10)14-7-2-1-3-8-14;7-6-3-1-2-5(4-8)9-6/h4-6H,1-3,7-8H2;1-3H. The highest BCUT2D eigenvalue weighted by Gasteiger charge is 2.11. The summed E-state index contributed by atoms with van der Waals surface area (Å²) in [6.45, 7) is 2.14. The highest BCUT2D eigenvalue weighted by Crippen LogP contribution is 2.17. The van der Waals surface area contributed by atoms with Crippen LogP contribution >= 0.6 is 11.6 Å². The van der Waals surface area contributed by atoms with Gasteiger partial charge in [-0.05, 0) is 43.5 Å². The molecule has 23 heavy (non-hydrogen) atoms. The van der Waals surface area contributed by atoms with E-state index in [9.17, 15) is 0 Å². The zero-order valence-electron chi connectivity index (χ0n) is 12.6. The number of anilines is 1. The number of hydrogen-bond acceptors (Lipinski definition) is 5. The van der Waals surface area contributed by atoms with E-state index in [0.717, 1.165) is 18.9 Å². The van der Waals surface area contributed by atoms with Gasteiger partial charge in [-0.2, -0.15) is 10.5 Å². The maximum absolute atomic E-state index is 8.73. The average Bonchev–Trinajstić information content (AvgIpc) is 2.63. The molecule has 0 amide bonds. The van der Waals surface area contributed by atoms with Crippen molar-refractivity contribution in [2.24, 2.45) is 0 Å². The van der Waals surface area contributed by atoms with Gasteiger partial charge in [0.25, 0.3) is 0 Å². The quantitative estimate of drug-likeness (QED) is 0.749. The molecule has 0 radical (unpaired) electrons. The molecular formula is C17H16ClN5. The van der Waals surface area contributed by atoms with Crippen LogP contribution in [0.3, 0.4) is 0 Å². The van der Waals surface area contributed by atoms with E-state index in [1.807, 2.05) is 18.2 Å². The summed E-state index contributed by atoms with van der Waals surface area (Å²) in [6.07, 6.45) is 3.78. The minimum absolute atomic E-state index is 0.350. The van der Waals surface area contributed by atoms with Crippen molar-refractivity contribution in [1.29, 1.82) is 10.5 Å². The van der Waals surface area contributed by atoms with Crippen LogP contribution in [0.5, 0.6) is 0 Å². The van der Waals surface area contributed by atoms with E-state index in [0.29, 0.717) is 16.5 Å². The number of aromatic nitrogens is 2. The molecule has 6 heteroatoms. The van der Waals surface area contributed by atoms with Crippen molar-refractivity contribution in [2.75, 3.05) is 18.0 Å². The second-order valence-electron chi connectivity index (χ2n) is 5.00. The van der Waals surface area contributed by atoms with Crippen molar-refractivity contribution in [2.45, 2.75) is 19.3 Å². The first-order valence-corrected chi connectivity index (χ1v) is 7.75. The third-order valence-corrected chi connectivity index (χ3v) is 3.57. The SMILES string of the molecule is N#Cc1cccc(Cl)n1.N#Cc1cccc(N2CCCCC2)n1. The number of nitriles is 2. The van der Waals surface area contributed by atoms with Gasteiger partial charge in [0.05, 0.1) is 0 Å². The summed E-state index contributed by atoms with van der Waals surface area (Å²) in [7, 11) is 0. The van der Waals surface area contributed by atoms with Gasteiger partial charge in [0.15, 0.2) is 0 Å². The fraction of sp³-hybridized carbons (Fsp3) is 0.294. The number of nitrogens with zero attached hydrogens (tertiary/aromatic N) is 5. The maximum Gasteiger partial charge on any atom is 0.142 e. The number of halogens is 1. The lowest BCUT2D eigenvalue weighted by atomic mass is 10.1. The summed E-state index contributed by atoms with van der Waals surface area (Å²) in [5.41, 5.74) is 0.857. The number of piperidine rings is 1. The van der Waals surface area contributed by atoms with E-state index in [-0.39, 0.29) is 0 Å². The summed E-state index contributed by atoms with van der Waals surface area (Å²) >= 11 is 5.46. The van der Waals surface area contributed by atoms with Crippen molar-refractivity contribution in [3.8, 4) is 12.1 Å². The first-order valence-electron chi connectivity index (χ1n) is 7.37. The third-order valence-electron chi connectivity index (χ3n) is 3.36. The van der Waals surface area contributed by atoms with Crippen molar-refractivity contribution >= 4 is 17.4 Å². The van der Waals surface area contributed by atoms with Gasteiger partial charge in [-0.3, -0.25) is 0 Å². The highest BCUT2D eigenvalue weighted by molar-refractivity contribution is 6.29. The number of pyridine rings is 2. The molecular weight excluding hydrogens is 310 g/mol. The Morgan fingerprint density at radius 2 is 1.48 bits per heavy atom. The molecule has 1 saturated heterocycles. The molecule has 5 nitrogen and oxygen atoms in total. The molecule has 3 heterocycles. The van der Waals surface area contributed by atoms with Crippen molar-refractivity contribution in [3.63, 3.8) is 0 Å². The topological polar surface area (TPSA) is 76.6 Å². The maximum atomic E-state index is 8.73. The Morgan fingerprint density at radius 1 is 0.870 bits per heavy atom. The third kappa shape index (κ3) is 5.25. The van der Waals surface area contributed by atoms with Gasteiger partial charge in [-0.25, -0.2) is 9.97 Å². The van der Waals surface area contributed by atoms with Crippen LogP contribution in [-0.2, 0) is 0 Å². The Balaban J connectivity index is 0.000000185. The molecule has 0 saturated carbocycles. The van der Waals surface area contributed by atoms with E-state index in [2.05, 4.69) is 20.9 Å². The Labute approximate surface area is 140 Å². The van der Waals surface area contributed by atoms with Gasteiger partial charge in [0.1, 0.15) is 34.5 Å².